The molecule has 148 valence electrons. The maximum absolute atomic E-state index is 10.3. The van der Waals surface area contributed by atoms with Gasteiger partial charge in [-0.05, 0) is 40.5 Å². The zero-order chi connectivity index (χ0) is 19.7. The van der Waals surface area contributed by atoms with Gasteiger partial charge in [-0.25, -0.2) is 0 Å². The van der Waals surface area contributed by atoms with E-state index >= 15 is 0 Å². The van der Waals surface area contributed by atoms with Crippen LogP contribution in [0.25, 0.3) is 10.8 Å². The summed E-state index contributed by atoms with van der Waals surface area (Å²) in [6.07, 6.45) is -0.909. The molecule has 0 bridgehead atoms. The maximum atomic E-state index is 10.3. The molecule has 4 atom stereocenters. The van der Waals surface area contributed by atoms with Crippen molar-refractivity contribution in [2.24, 2.45) is 0 Å². The lowest BCUT2D eigenvalue weighted by Gasteiger charge is -2.37. The number of hydrogen-bond donors (Lipinski definition) is 3. The SMILES string of the molecule is CCc1ccc(Cc2cc([C@H]3C[C@@H](O)[C@H](O)[C@@H](CO)O3)c3ccccc3c2)s1. The monoisotopic (exact) mass is 398 g/mol. The lowest BCUT2D eigenvalue weighted by Crippen LogP contribution is -2.47. The first-order chi connectivity index (χ1) is 13.6. The number of aliphatic hydroxyl groups is 3. The average molecular weight is 399 g/mol. The van der Waals surface area contributed by atoms with Crippen LogP contribution in [0.15, 0.2) is 48.5 Å². The lowest BCUT2D eigenvalue weighted by molar-refractivity contribution is -0.181. The van der Waals surface area contributed by atoms with E-state index in [1.807, 2.05) is 23.5 Å². The fourth-order valence-electron chi connectivity index (χ4n) is 3.99. The highest BCUT2D eigenvalue weighted by Gasteiger charge is 2.37. The molecule has 5 heteroatoms. The number of thiophene rings is 1. The van der Waals surface area contributed by atoms with Crippen LogP contribution in [0.2, 0.25) is 0 Å². The zero-order valence-electron chi connectivity index (χ0n) is 15.9. The highest BCUT2D eigenvalue weighted by atomic mass is 32.1. The van der Waals surface area contributed by atoms with Gasteiger partial charge in [0.25, 0.3) is 0 Å². The Morgan fingerprint density at radius 2 is 1.86 bits per heavy atom. The number of aryl methyl sites for hydroxylation is 1. The Morgan fingerprint density at radius 1 is 1.07 bits per heavy atom. The number of benzene rings is 2. The zero-order valence-corrected chi connectivity index (χ0v) is 16.7. The fraction of sp³-hybridized carbons (Fsp3) is 0.391. The molecule has 28 heavy (non-hydrogen) atoms. The molecule has 1 aliphatic heterocycles. The van der Waals surface area contributed by atoms with Gasteiger partial charge in [-0.15, -0.1) is 11.3 Å². The summed E-state index contributed by atoms with van der Waals surface area (Å²) < 4.78 is 5.98. The molecule has 2 aromatic carbocycles. The van der Waals surface area contributed by atoms with Crippen molar-refractivity contribution >= 4 is 22.1 Å². The first-order valence-electron chi connectivity index (χ1n) is 9.80. The molecule has 0 saturated carbocycles. The second kappa shape index (κ2) is 8.31. The third kappa shape index (κ3) is 3.86. The molecule has 0 amide bonds. The number of fused-ring (bicyclic) bond motifs is 1. The average Bonchev–Trinajstić information content (AvgIpc) is 3.17. The number of hydrogen-bond acceptors (Lipinski definition) is 5. The molecular weight excluding hydrogens is 372 g/mol. The van der Waals surface area contributed by atoms with E-state index < -0.39 is 18.3 Å². The summed E-state index contributed by atoms with van der Waals surface area (Å²) in [5.74, 6) is 0. The van der Waals surface area contributed by atoms with Crippen LogP contribution in [-0.2, 0) is 17.6 Å². The van der Waals surface area contributed by atoms with Gasteiger partial charge in [0.15, 0.2) is 0 Å². The van der Waals surface area contributed by atoms with Crippen molar-refractivity contribution in [1.29, 1.82) is 0 Å². The summed E-state index contributed by atoms with van der Waals surface area (Å²) in [6, 6.07) is 16.9. The Labute approximate surface area is 169 Å². The van der Waals surface area contributed by atoms with Crippen LogP contribution in [0.5, 0.6) is 0 Å². The number of aliphatic hydroxyl groups excluding tert-OH is 3. The van der Waals surface area contributed by atoms with E-state index in [-0.39, 0.29) is 12.7 Å². The number of rotatable bonds is 5. The minimum atomic E-state index is -1.06. The smallest absolute Gasteiger partial charge is 0.110 e. The highest BCUT2D eigenvalue weighted by molar-refractivity contribution is 7.12. The van der Waals surface area contributed by atoms with E-state index in [1.54, 1.807) is 0 Å². The topological polar surface area (TPSA) is 69.9 Å². The van der Waals surface area contributed by atoms with Crippen molar-refractivity contribution in [3.05, 3.63) is 69.4 Å². The van der Waals surface area contributed by atoms with E-state index in [2.05, 4.69) is 43.3 Å². The lowest BCUT2D eigenvalue weighted by atomic mass is 9.89. The molecule has 1 saturated heterocycles. The van der Waals surface area contributed by atoms with Gasteiger partial charge in [0.1, 0.15) is 12.2 Å². The van der Waals surface area contributed by atoms with E-state index in [9.17, 15) is 15.3 Å². The molecule has 0 spiro atoms. The highest BCUT2D eigenvalue weighted by Crippen LogP contribution is 2.37. The van der Waals surface area contributed by atoms with E-state index in [0.717, 1.165) is 29.2 Å². The summed E-state index contributed by atoms with van der Waals surface area (Å²) in [4.78, 5) is 2.71. The Bertz CT molecular complexity index is 951. The molecule has 0 aliphatic carbocycles. The van der Waals surface area contributed by atoms with E-state index in [4.69, 9.17) is 4.74 Å². The standard InChI is InChI=1S/C23H26O4S/c1-2-16-7-8-17(28-16)10-14-9-15-5-3-4-6-18(15)19(11-14)21-12-20(25)23(26)22(13-24)27-21/h3-9,11,20-26H,2,10,12-13H2,1H3/t20-,21-,22-,23+/m1/s1. The van der Waals surface area contributed by atoms with Crippen molar-refractivity contribution in [2.45, 2.75) is 50.6 Å². The van der Waals surface area contributed by atoms with Gasteiger partial charge >= 0.3 is 0 Å². The minimum absolute atomic E-state index is 0.310. The van der Waals surface area contributed by atoms with Crippen LogP contribution in [-0.4, -0.2) is 40.2 Å². The minimum Gasteiger partial charge on any atom is -0.394 e. The van der Waals surface area contributed by atoms with Crippen molar-refractivity contribution < 1.29 is 20.1 Å². The molecule has 4 rings (SSSR count). The maximum Gasteiger partial charge on any atom is 0.110 e. The summed E-state index contributed by atoms with van der Waals surface area (Å²) in [5.41, 5.74) is 2.20. The van der Waals surface area contributed by atoms with Crippen molar-refractivity contribution in [3.63, 3.8) is 0 Å². The van der Waals surface area contributed by atoms with Crippen LogP contribution < -0.4 is 0 Å². The van der Waals surface area contributed by atoms with Gasteiger partial charge in [-0.1, -0.05) is 43.3 Å². The van der Waals surface area contributed by atoms with Gasteiger partial charge in [0, 0.05) is 22.6 Å². The Morgan fingerprint density at radius 3 is 2.61 bits per heavy atom. The molecular formula is C23H26O4S. The molecule has 1 aliphatic rings. The largest absolute Gasteiger partial charge is 0.394 e. The van der Waals surface area contributed by atoms with Gasteiger partial charge < -0.3 is 20.1 Å². The van der Waals surface area contributed by atoms with Crippen LogP contribution in [0.4, 0.5) is 0 Å². The third-order valence-electron chi connectivity index (χ3n) is 5.49. The van der Waals surface area contributed by atoms with Crippen LogP contribution in [0.1, 0.15) is 40.3 Å². The molecule has 3 N–H and O–H groups in total. The van der Waals surface area contributed by atoms with Crippen molar-refractivity contribution in [1.82, 2.24) is 0 Å². The fourth-order valence-corrected chi connectivity index (χ4v) is 4.98. The molecule has 1 aromatic heterocycles. The Balaban J connectivity index is 1.72. The van der Waals surface area contributed by atoms with Crippen LogP contribution >= 0.6 is 11.3 Å². The number of ether oxygens (including phenoxy) is 1. The van der Waals surface area contributed by atoms with Gasteiger partial charge in [-0.3, -0.25) is 0 Å². The van der Waals surface area contributed by atoms with Crippen LogP contribution in [0, 0.1) is 0 Å². The second-order valence-corrected chi connectivity index (χ2v) is 8.70. The molecule has 0 radical (unpaired) electrons. The molecule has 4 nitrogen and oxygen atoms in total. The van der Waals surface area contributed by atoms with Gasteiger partial charge in [-0.2, -0.15) is 0 Å². The van der Waals surface area contributed by atoms with E-state index in [1.165, 1.54) is 15.3 Å². The molecule has 1 fully saturated rings. The van der Waals surface area contributed by atoms with Crippen molar-refractivity contribution in [2.75, 3.05) is 6.61 Å². The molecule has 3 aromatic rings. The Hall–Kier alpha value is -1.76. The Kier molecular flexibility index (Phi) is 5.80. The van der Waals surface area contributed by atoms with Crippen LogP contribution in [0.3, 0.4) is 0 Å². The summed E-state index contributed by atoms with van der Waals surface area (Å²) in [6.45, 7) is 1.85. The second-order valence-electron chi connectivity index (χ2n) is 7.44. The first kappa shape index (κ1) is 19.6. The quantitative estimate of drug-likeness (QED) is 0.614. The normalized spacial score (nSPS) is 25.3. The predicted octanol–water partition coefficient (Wildman–Crippen LogP) is 3.60. The van der Waals surface area contributed by atoms with Gasteiger partial charge in [0.2, 0.25) is 0 Å². The van der Waals surface area contributed by atoms with Crippen molar-refractivity contribution in [3.8, 4) is 0 Å². The first-order valence-corrected chi connectivity index (χ1v) is 10.6. The van der Waals surface area contributed by atoms with Gasteiger partial charge in [0.05, 0.1) is 18.8 Å². The predicted molar refractivity (Wildman–Crippen MR) is 112 cm³/mol. The molecule has 0 unspecified atom stereocenters. The third-order valence-corrected chi connectivity index (χ3v) is 6.72. The van der Waals surface area contributed by atoms with E-state index in [0.29, 0.717) is 6.42 Å². The summed E-state index contributed by atoms with van der Waals surface area (Å²) >= 11 is 1.84. The summed E-state index contributed by atoms with van der Waals surface area (Å²) in [5, 5.41) is 32.1. The summed E-state index contributed by atoms with van der Waals surface area (Å²) in [7, 11) is 0. The molecule has 2 heterocycles.